The van der Waals surface area contributed by atoms with Gasteiger partial charge in [0.15, 0.2) is 0 Å². The number of hydrogen-bond donors (Lipinski definition) is 2. The van der Waals surface area contributed by atoms with Gasteiger partial charge in [0.05, 0.1) is 12.0 Å². The highest BCUT2D eigenvalue weighted by Gasteiger charge is 2.12. The van der Waals surface area contributed by atoms with E-state index >= 15 is 0 Å². The van der Waals surface area contributed by atoms with Crippen LogP contribution >= 0.6 is 24.8 Å². The second-order valence-electron chi connectivity index (χ2n) is 2.68. The fourth-order valence-corrected chi connectivity index (χ4v) is 0.885. The van der Waals surface area contributed by atoms with Crippen molar-refractivity contribution in [2.75, 3.05) is 0 Å². The van der Waals surface area contributed by atoms with Gasteiger partial charge in [0, 0.05) is 19.7 Å². The number of carbonyl (C=O) groups is 1. The molecule has 0 saturated carbocycles. The van der Waals surface area contributed by atoms with Crippen LogP contribution < -0.4 is 5.73 Å². The molecule has 0 amide bonds. The minimum atomic E-state index is -0.999. The summed E-state index contributed by atoms with van der Waals surface area (Å²) in [6, 6.07) is -0.861. The minimum Gasteiger partial charge on any atom is -0.480 e. The third-order valence-corrected chi connectivity index (χ3v) is 1.50. The van der Waals surface area contributed by atoms with Crippen molar-refractivity contribution in [1.82, 2.24) is 9.55 Å². The number of imidazole rings is 1. The molecule has 0 fully saturated rings. The molecule has 3 N–H and O–H groups in total. The molecule has 5 nitrogen and oxygen atoms in total. The van der Waals surface area contributed by atoms with Crippen LogP contribution in [-0.4, -0.2) is 26.7 Å². The Kier molecular flexibility index (Phi) is 7.44. The van der Waals surface area contributed by atoms with Gasteiger partial charge in [-0.2, -0.15) is 0 Å². The number of carboxylic acid groups (broad SMARTS) is 1. The Hall–Kier alpha value is -0.780. The highest BCUT2D eigenvalue weighted by atomic mass is 35.5. The molecule has 14 heavy (non-hydrogen) atoms. The van der Waals surface area contributed by atoms with E-state index in [9.17, 15) is 4.79 Å². The summed E-state index contributed by atoms with van der Waals surface area (Å²) < 4.78 is 1.75. The molecule has 1 atom stereocenters. The third-order valence-electron chi connectivity index (χ3n) is 1.50. The Balaban J connectivity index is 0. The summed E-state index contributed by atoms with van der Waals surface area (Å²) in [7, 11) is 1.82. The van der Waals surface area contributed by atoms with E-state index in [0.717, 1.165) is 0 Å². The zero-order valence-electron chi connectivity index (χ0n) is 7.58. The maximum atomic E-state index is 10.4. The lowest BCUT2D eigenvalue weighted by Gasteiger charge is -2.01. The number of carboxylic acids is 1. The molecule has 0 aliphatic heterocycles. The van der Waals surface area contributed by atoms with E-state index in [1.807, 2.05) is 7.05 Å². The number of aliphatic carboxylic acids is 1. The van der Waals surface area contributed by atoms with Gasteiger partial charge in [0.1, 0.15) is 6.04 Å². The average Bonchev–Trinajstić information content (AvgIpc) is 2.35. The largest absolute Gasteiger partial charge is 0.480 e. The second kappa shape index (κ2) is 6.64. The lowest BCUT2D eigenvalue weighted by atomic mass is 10.2. The van der Waals surface area contributed by atoms with Crippen LogP contribution in [-0.2, 0) is 18.3 Å². The minimum absolute atomic E-state index is 0. The zero-order chi connectivity index (χ0) is 9.14. The monoisotopic (exact) mass is 241 g/mol. The molecule has 0 aliphatic carbocycles. The van der Waals surface area contributed by atoms with Gasteiger partial charge in [-0.05, 0) is 0 Å². The number of nitrogens with two attached hydrogens (primary N) is 1. The number of aryl methyl sites for hydroxylation is 1. The summed E-state index contributed by atoms with van der Waals surface area (Å²) in [6.07, 6.45) is 3.64. The maximum Gasteiger partial charge on any atom is 0.320 e. The number of nitrogens with zero attached hydrogens (tertiary/aromatic N) is 2. The van der Waals surface area contributed by atoms with Crippen LogP contribution in [0.25, 0.3) is 0 Å². The Morgan fingerprint density at radius 1 is 1.71 bits per heavy atom. The van der Waals surface area contributed by atoms with Gasteiger partial charge in [-0.25, -0.2) is 4.98 Å². The second-order valence-corrected chi connectivity index (χ2v) is 2.68. The number of halogens is 2. The Bertz CT molecular complexity index is 290. The van der Waals surface area contributed by atoms with Crippen molar-refractivity contribution in [2.45, 2.75) is 12.5 Å². The number of rotatable bonds is 3. The lowest BCUT2D eigenvalue weighted by molar-refractivity contribution is -0.138. The summed E-state index contributed by atoms with van der Waals surface area (Å²) in [5, 5.41) is 8.49. The molecule has 1 aromatic rings. The SMILES string of the molecule is Cl.Cl.Cn1cnc(CC(N)C(=O)O)c1. The van der Waals surface area contributed by atoms with E-state index in [1.165, 1.54) is 0 Å². The predicted molar refractivity (Wildman–Crippen MR) is 57.0 cm³/mol. The highest BCUT2D eigenvalue weighted by Crippen LogP contribution is 1.97. The van der Waals surface area contributed by atoms with E-state index in [-0.39, 0.29) is 31.2 Å². The average molecular weight is 242 g/mol. The van der Waals surface area contributed by atoms with Crippen LogP contribution in [0.2, 0.25) is 0 Å². The molecule has 0 radical (unpaired) electrons. The summed E-state index contributed by atoms with van der Waals surface area (Å²) in [5.41, 5.74) is 6.01. The van der Waals surface area contributed by atoms with E-state index < -0.39 is 12.0 Å². The maximum absolute atomic E-state index is 10.4. The van der Waals surface area contributed by atoms with Crippen molar-refractivity contribution in [2.24, 2.45) is 12.8 Å². The van der Waals surface area contributed by atoms with Crippen LogP contribution in [0, 0.1) is 0 Å². The standard InChI is InChI=1S/C7H11N3O2.2ClH/c1-10-3-5(9-4-10)2-6(8)7(11)12;;/h3-4,6H,2,8H2,1H3,(H,11,12);2*1H. The molecule has 0 aromatic carbocycles. The van der Waals surface area contributed by atoms with Gasteiger partial charge in [-0.1, -0.05) is 0 Å². The normalized spacial score (nSPS) is 11.0. The van der Waals surface area contributed by atoms with Crippen molar-refractivity contribution in [1.29, 1.82) is 0 Å². The van der Waals surface area contributed by atoms with E-state index in [2.05, 4.69) is 4.98 Å². The summed E-state index contributed by atoms with van der Waals surface area (Å²) in [5.74, 6) is -0.999. The molecule has 1 unspecified atom stereocenters. The van der Waals surface area contributed by atoms with Gasteiger partial charge in [0.25, 0.3) is 0 Å². The van der Waals surface area contributed by atoms with Crippen LogP contribution in [0.4, 0.5) is 0 Å². The van der Waals surface area contributed by atoms with Crippen LogP contribution in [0.1, 0.15) is 5.69 Å². The van der Waals surface area contributed by atoms with Crippen LogP contribution in [0.15, 0.2) is 12.5 Å². The van der Waals surface area contributed by atoms with E-state index in [1.54, 1.807) is 17.1 Å². The molecule has 82 valence electrons. The highest BCUT2D eigenvalue weighted by molar-refractivity contribution is 5.85. The summed E-state index contributed by atoms with van der Waals surface area (Å²) in [6.45, 7) is 0. The van der Waals surface area contributed by atoms with Crippen molar-refractivity contribution in [3.05, 3.63) is 18.2 Å². The molecule has 0 bridgehead atoms. The molecule has 0 aliphatic rings. The first-order valence-electron chi connectivity index (χ1n) is 3.55. The zero-order valence-corrected chi connectivity index (χ0v) is 9.22. The summed E-state index contributed by atoms with van der Waals surface area (Å²) in [4.78, 5) is 14.3. The molecular weight excluding hydrogens is 229 g/mol. The van der Waals surface area contributed by atoms with Crippen molar-refractivity contribution >= 4 is 30.8 Å². The predicted octanol–water partition coefficient (Wildman–Crippen LogP) is 0.218. The van der Waals surface area contributed by atoms with Gasteiger partial charge in [-0.15, -0.1) is 24.8 Å². The van der Waals surface area contributed by atoms with Crippen molar-refractivity contribution in [3.63, 3.8) is 0 Å². The Labute approximate surface area is 94.1 Å². The van der Waals surface area contributed by atoms with Crippen molar-refractivity contribution in [3.8, 4) is 0 Å². The molecule has 0 spiro atoms. The van der Waals surface area contributed by atoms with Crippen molar-refractivity contribution < 1.29 is 9.90 Å². The van der Waals surface area contributed by atoms with Gasteiger partial charge >= 0.3 is 5.97 Å². The molecule has 7 heteroatoms. The van der Waals surface area contributed by atoms with Gasteiger partial charge in [0.2, 0.25) is 0 Å². The smallest absolute Gasteiger partial charge is 0.320 e. The van der Waals surface area contributed by atoms with E-state index in [0.29, 0.717) is 5.69 Å². The first kappa shape index (κ1) is 15.7. The van der Waals surface area contributed by atoms with Crippen LogP contribution in [0.3, 0.4) is 0 Å². The fraction of sp³-hybridized carbons (Fsp3) is 0.429. The fourth-order valence-electron chi connectivity index (χ4n) is 0.885. The quantitative estimate of drug-likeness (QED) is 0.794. The summed E-state index contributed by atoms with van der Waals surface area (Å²) >= 11 is 0. The molecular formula is C7H13Cl2N3O2. The Morgan fingerprint density at radius 3 is 2.64 bits per heavy atom. The van der Waals surface area contributed by atoms with E-state index in [4.69, 9.17) is 10.8 Å². The van der Waals surface area contributed by atoms with Gasteiger partial charge in [-0.3, -0.25) is 4.79 Å². The van der Waals surface area contributed by atoms with Gasteiger partial charge < -0.3 is 15.4 Å². The first-order chi connectivity index (χ1) is 5.59. The topological polar surface area (TPSA) is 81.1 Å². The first-order valence-corrected chi connectivity index (χ1v) is 3.55. The lowest BCUT2D eigenvalue weighted by Crippen LogP contribution is -2.32. The molecule has 1 rings (SSSR count). The van der Waals surface area contributed by atoms with Crippen LogP contribution in [0.5, 0.6) is 0 Å². The third kappa shape index (κ3) is 4.45. The number of hydrogen-bond acceptors (Lipinski definition) is 3. The molecule has 1 heterocycles. The molecule has 0 saturated heterocycles. The number of aromatic nitrogens is 2. The Morgan fingerprint density at radius 2 is 2.29 bits per heavy atom. The molecule has 1 aromatic heterocycles.